The Balaban J connectivity index is 3.40. The van der Waals surface area contributed by atoms with Crippen LogP contribution in [0.4, 0.5) is 0 Å². The highest BCUT2D eigenvalue weighted by Crippen LogP contribution is 2.81. The summed E-state index contributed by atoms with van der Waals surface area (Å²) in [6, 6.07) is 11.0. The van der Waals surface area contributed by atoms with Gasteiger partial charge >= 0.3 is 0 Å². The predicted octanol–water partition coefficient (Wildman–Crippen LogP) is 5.87. The van der Waals surface area contributed by atoms with Gasteiger partial charge in [-0.2, -0.15) is 0 Å². The Morgan fingerprint density at radius 3 is 1.42 bits per heavy atom. The van der Waals surface area contributed by atoms with E-state index >= 15 is 0 Å². The van der Waals surface area contributed by atoms with Gasteiger partial charge in [0.25, 0.3) is 0 Å². The number of allylic oxidation sites excluding steroid dienone is 1. The van der Waals surface area contributed by atoms with Gasteiger partial charge in [-0.25, -0.2) is 0 Å². The second kappa shape index (κ2) is 12.9. The van der Waals surface area contributed by atoms with Crippen LogP contribution in [0.5, 0.6) is 0 Å². The first-order valence-electron chi connectivity index (χ1n) is 13.0. The van der Waals surface area contributed by atoms with Crippen LogP contribution >= 0.6 is 20.7 Å². The summed E-state index contributed by atoms with van der Waals surface area (Å²) in [5.74, 6) is 2.59. The summed E-state index contributed by atoms with van der Waals surface area (Å²) < 4.78 is 15.1. The molecule has 1 aliphatic heterocycles. The molecule has 1 aliphatic rings. The largest absolute Gasteiger partial charge is 0.275 e. The molecule has 10 heteroatoms. The predicted molar refractivity (Wildman–Crippen MR) is 174 cm³/mol. The zero-order valence-corrected chi connectivity index (χ0v) is 28.3. The lowest BCUT2D eigenvalue weighted by molar-refractivity contribution is 0.426. The van der Waals surface area contributed by atoms with Crippen molar-refractivity contribution in [1.82, 2.24) is 28.0 Å². The van der Waals surface area contributed by atoms with Gasteiger partial charge in [0.15, 0.2) is 0 Å². The van der Waals surface area contributed by atoms with E-state index < -0.39 is 20.7 Å². The molecule has 6 nitrogen and oxygen atoms in total. The highest BCUT2D eigenvalue weighted by atomic mass is 32.4. The second-order valence-corrected chi connectivity index (χ2v) is 22.0. The van der Waals surface area contributed by atoms with Crippen LogP contribution in [0.1, 0.15) is 33.3 Å². The number of nitrogens with zero attached hydrogens (tertiary/aromatic N) is 6. The standard InChI is InChI=1S/C26H51N6P3S/c1-13-31(14-2)35(36,32(15-3)16-4)26-25(24-20-18-17-19-21-24)22-33(27(5)6,28(7)8)23-34(26,29(9)10)30(11)12/h17-23H,13-16H2,1-12H3. The van der Waals surface area contributed by atoms with Crippen molar-refractivity contribution >= 4 is 49.4 Å². The summed E-state index contributed by atoms with van der Waals surface area (Å²) in [7, 11) is 13.9. The Labute approximate surface area is 228 Å². The van der Waals surface area contributed by atoms with E-state index in [-0.39, 0.29) is 0 Å². The molecule has 0 aromatic heterocycles. The molecule has 0 bridgehead atoms. The monoisotopic (exact) mass is 572 g/mol. The van der Waals surface area contributed by atoms with E-state index in [0.717, 1.165) is 26.2 Å². The van der Waals surface area contributed by atoms with Crippen molar-refractivity contribution in [3.8, 4) is 0 Å². The van der Waals surface area contributed by atoms with Gasteiger partial charge in [0, 0.05) is 38.4 Å². The minimum Gasteiger partial charge on any atom is -0.275 e. The average molecular weight is 573 g/mol. The Morgan fingerprint density at radius 1 is 0.667 bits per heavy atom. The number of hydrogen-bond donors (Lipinski definition) is 0. The zero-order valence-electron chi connectivity index (χ0n) is 24.8. The average Bonchev–Trinajstić information content (AvgIpc) is 2.84. The molecule has 0 radical (unpaired) electrons. The van der Waals surface area contributed by atoms with Crippen LogP contribution in [0.2, 0.25) is 0 Å². The maximum atomic E-state index is 7.06. The van der Waals surface area contributed by atoms with Crippen LogP contribution in [0.3, 0.4) is 0 Å². The van der Waals surface area contributed by atoms with Gasteiger partial charge in [-0.05, 0) is 78.9 Å². The summed E-state index contributed by atoms with van der Waals surface area (Å²) in [6.45, 7) is 12.9. The van der Waals surface area contributed by atoms with E-state index in [1.807, 2.05) is 0 Å². The molecule has 2 rings (SSSR count). The normalized spacial score (nSPS) is 18.1. The third-order valence-corrected chi connectivity index (χ3v) is 24.0. The van der Waals surface area contributed by atoms with Gasteiger partial charge < -0.3 is 0 Å². The van der Waals surface area contributed by atoms with Gasteiger partial charge in [0.2, 0.25) is 0 Å². The van der Waals surface area contributed by atoms with Crippen molar-refractivity contribution < 1.29 is 0 Å². The number of hydrogen-bond acceptors (Lipinski definition) is 5. The summed E-state index contributed by atoms with van der Waals surface area (Å²) in [5, 5.41) is 1.47. The molecule has 1 heterocycles. The van der Waals surface area contributed by atoms with Gasteiger partial charge in [0.05, 0.1) is 7.19 Å². The molecule has 0 saturated carbocycles. The first-order chi connectivity index (χ1) is 16.8. The van der Waals surface area contributed by atoms with Gasteiger partial charge in [-0.3, -0.25) is 28.0 Å². The molecule has 36 heavy (non-hydrogen) atoms. The lowest BCUT2D eigenvalue weighted by Gasteiger charge is -2.54. The fourth-order valence-electron chi connectivity index (χ4n) is 5.32. The summed E-state index contributed by atoms with van der Waals surface area (Å²) in [4.78, 5) is 0. The maximum Gasteiger partial charge on any atom is 0.110 e. The lowest BCUT2D eigenvalue weighted by Crippen LogP contribution is -2.38. The molecule has 0 aliphatic carbocycles. The SMILES string of the molecule is CCN(CC)P(=S)(C1=C(c2ccccc2)C=P(N(C)C)(N(C)C)C=P1(N(C)C)N(C)C)N(CC)CC. The van der Waals surface area contributed by atoms with Crippen molar-refractivity contribution in [2.24, 2.45) is 0 Å². The highest BCUT2D eigenvalue weighted by Gasteiger charge is 2.48. The van der Waals surface area contributed by atoms with Crippen LogP contribution in [0, 0.1) is 0 Å². The van der Waals surface area contributed by atoms with E-state index in [1.54, 1.807) is 0 Å². The van der Waals surface area contributed by atoms with E-state index in [4.69, 9.17) is 11.8 Å². The van der Waals surface area contributed by atoms with Crippen molar-refractivity contribution in [3.63, 3.8) is 0 Å². The molecular weight excluding hydrogens is 521 g/mol. The minimum atomic E-state index is -2.32. The lowest BCUT2D eigenvalue weighted by atomic mass is 10.1. The quantitative estimate of drug-likeness (QED) is 0.288. The summed E-state index contributed by atoms with van der Waals surface area (Å²) >= 11 is 7.06. The summed E-state index contributed by atoms with van der Waals surface area (Å²) in [5.41, 5.74) is 5.36. The topological polar surface area (TPSA) is 19.4 Å². The Kier molecular flexibility index (Phi) is 11.5. The smallest absolute Gasteiger partial charge is 0.110 e. The maximum absolute atomic E-state index is 7.06. The van der Waals surface area contributed by atoms with Crippen LogP contribution in [0.25, 0.3) is 5.57 Å². The summed E-state index contributed by atoms with van der Waals surface area (Å²) in [6.07, 6.45) is -2.32. The molecule has 0 fully saturated rings. The van der Waals surface area contributed by atoms with Crippen LogP contribution < -0.4 is 0 Å². The van der Waals surface area contributed by atoms with Gasteiger partial charge in [0.1, 0.15) is 6.34 Å². The Bertz CT molecular complexity index is 1030. The molecule has 0 unspecified atom stereocenters. The van der Waals surface area contributed by atoms with E-state index in [0.29, 0.717) is 0 Å². The van der Waals surface area contributed by atoms with E-state index in [9.17, 15) is 0 Å². The van der Waals surface area contributed by atoms with Crippen molar-refractivity contribution in [2.45, 2.75) is 27.7 Å². The minimum absolute atomic E-state index is 0.943. The number of rotatable bonds is 12. The van der Waals surface area contributed by atoms with E-state index in [1.165, 1.54) is 16.2 Å². The molecule has 1 aromatic rings. The molecule has 0 saturated heterocycles. The van der Waals surface area contributed by atoms with Crippen LogP contribution in [-0.2, 0) is 11.8 Å². The molecule has 1 aromatic carbocycles. The Hall–Kier alpha value is -0.0300. The molecular formula is C26H51N6P3S. The molecule has 206 valence electrons. The van der Waals surface area contributed by atoms with Crippen LogP contribution in [0.15, 0.2) is 35.4 Å². The highest BCUT2D eigenvalue weighted by molar-refractivity contribution is 8.20. The van der Waals surface area contributed by atoms with E-state index in [2.05, 4.69) is 154 Å². The first-order valence-corrected chi connectivity index (χ1v) is 19.3. The molecule has 0 atom stereocenters. The van der Waals surface area contributed by atoms with Gasteiger partial charge in [-0.1, -0.05) is 69.8 Å². The third-order valence-electron chi connectivity index (χ3n) is 7.29. The third kappa shape index (κ3) is 5.36. The van der Waals surface area contributed by atoms with Crippen molar-refractivity contribution in [3.05, 3.63) is 41.0 Å². The van der Waals surface area contributed by atoms with Gasteiger partial charge in [-0.15, -0.1) is 0 Å². The van der Waals surface area contributed by atoms with Crippen molar-refractivity contribution in [2.75, 3.05) is 82.6 Å². The first kappa shape index (κ1) is 32.2. The molecule has 0 N–H and O–H groups in total. The Morgan fingerprint density at radius 2 is 1.08 bits per heavy atom. The number of benzene rings is 1. The van der Waals surface area contributed by atoms with Crippen molar-refractivity contribution in [1.29, 1.82) is 0 Å². The fraction of sp³-hybridized carbons (Fsp3) is 0.615. The zero-order chi connectivity index (χ0) is 27.5. The fourth-order valence-corrected chi connectivity index (χ4v) is 24.8. The molecule has 0 amide bonds. The van der Waals surface area contributed by atoms with Crippen LogP contribution in [-0.4, -0.2) is 122 Å². The molecule has 0 spiro atoms. The second-order valence-electron chi connectivity index (χ2n) is 9.91.